The number of fused-ring (bicyclic) bond motifs is 1. The van der Waals surface area contributed by atoms with Gasteiger partial charge in [-0.05, 0) is 60.6 Å². The molecule has 0 spiro atoms. The highest BCUT2D eigenvalue weighted by Crippen LogP contribution is 2.35. The fourth-order valence-corrected chi connectivity index (χ4v) is 5.60. The number of rotatable bonds is 8. The van der Waals surface area contributed by atoms with Crippen LogP contribution in [0, 0.1) is 6.92 Å². The number of amides is 1. The Morgan fingerprint density at radius 2 is 1.92 bits per heavy atom. The predicted molar refractivity (Wildman–Crippen MR) is 147 cm³/mol. The maximum Gasteiger partial charge on any atom is 0.254 e. The van der Waals surface area contributed by atoms with Crippen LogP contribution in [-0.2, 0) is 26.1 Å². The molecule has 4 aromatic rings. The van der Waals surface area contributed by atoms with Crippen molar-refractivity contribution in [1.29, 1.82) is 0 Å². The summed E-state index contributed by atoms with van der Waals surface area (Å²) in [6.45, 7) is 4.04. The standard InChI is InChI=1S/C29H29Cl2N5O/c1-19-11-23(34-13-19)18-36(26-9-3-7-22-8-4-10-33-28(22)26)17-21-6-2-5-20(12-21)14-35-29(37)27-24(30)15-32-16-25(27)31/h2,4-6,8,10-13,15-16,26,34H,3,7,9,14,17-18H2,1H3,(H,35,37). The number of nitrogens with one attached hydrogen (secondary N) is 2. The Hall–Kier alpha value is -3.19. The van der Waals surface area contributed by atoms with Gasteiger partial charge in [-0.2, -0.15) is 0 Å². The van der Waals surface area contributed by atoms with Crippen molar-refractivity contribution >= 4 is 29.1 Å². The van der Waals surface area contributed by atoms with E-state index in [4.69, 9.17) is 28.2 Å². The molecule has 1 aliphatic carbocycles. The topological polar surface area (TPSA) is 73.9 Å². The van der Waals surface area contributed by atoms with E-state index in [1.807, 2.05) is 30.6 Å². The molecule has 0 aliphatic heterocycles. The Kier molecular flexibility index (Phi) is 7.89. The van der Waals surface area contributed by atoms with Crippen molar-refractivity contribution in [2.75, 3.05) is 0 Å². The lowest BCUT2D eigenvalue weighted by molar-refractivity contribution is 0.0951. The minimum Gasteiger partial charge on any atom is -0.364 e. The number of aromatic nitrogens is 3. The van der Waals surface area contributed by atoms with E-state index in [1.165, 1.54) is 40.5 Å². The zero-order valence-corrected chi connectivity index (χ0v) is 22.2. The van der Waals surface area contributed by atoms with Crippen molar-refractivity contribution < 1.29 is 4.79 Å². The van der Waals surface area contributed by atoms with Crippen molar-refractivity contribution in [3.05, 3.63) is 117 Å². The number of pyridine rings is 2. The number of nitrogens with zero attached hydrogens (tertiary/aromatic N) is 3. The average Bonchev–Trinajstić information content (AvgIpc) is 3.31. The number of carbonyl (C=O) groups excluding carboxylic acids is 1. The lowest BCUT2D eigenvalue weighted by atomic mass is 9.90. The largest absolute Gasteiger partial charge is 0.364 e. The highest BCUT2D eigenvalue weighted by molar-refractivity contribution is 6.39. The fraction of sp³-hybridized carbons (Fsp3) is 0.276. The zero-order chi connectivity index (χ0) is 25.8. The maximum absolute atomic E-state index is 12.7. The Morgan fingerprint density at radius 1 is 1.11 bits per heavy atom. The molecule has 3 aromatic heterocycles. The van der Waals surface area contributed by atoms with Crippen LogP contribution in [0.1, 0.15) is 62.9 Å². The van der Waals surface area contributed by atoms with Gasteiger partial charge in [0, 0.05) is 50.1 Å². The van der Waals surface area contributed by atoms with Crippen LogP contribution < -0.4 is 5.32 Å². The molecule has 2 N–H and O–H groups in total. The normalized spacial score (nSPS) is 15.0. The van der Waals surface area contributed by atoms with Crippen LogP contribution in [0.15, 0.2) is 67.3 Å². The lowest BCUT2D eigenvalue weighted by Crippen LogP contribution is -2.31. The maximum atomic E-state index is 12.7. The molecule has 1 atom stereocenters. The monoisotopic (exact) mass is 533 g/mol. The number of aryl methyl sites for hydroxylation is 2. The smallest absolute Gasteiger partial charge is 0.254 e. The first-order chi connectivity index (χ1) is 18.0. The van der Waals surface area contributed by atoms with Crippen molar-refractivity contribution in [3.8, 4) is 0 Å². The fourth-order valence-electron chi connectivity index (χ4n) is 5.06. The van der Waals surface area contributed by atoms with E-state index in [-0.39, 0.29) is 27.6 Å². The molecule has 0 radical (unpaired) electrons. The van der Waals surface area contributed by atoms with Crippen LogP contribution in [0.5, 0.6) is 0 Å². The molecule has 8 heteroatoms. The summed E-state index contributed by atoms with van der Waals surface area (Å²) in [6.07, 6.45) is 10.1. The first-order valence-corrected chi connectivity index (χ1v) is 13.2. The van der Waals surface area contributed by atoms with Gasteiger partial charge < -0.3 is 10.3 Å². The second-order valence-corrected chi connectivity index (χ2v) is 10.4. The molecule has 0 saturated heterocycles. The molecular weight excluding hydrogens is 505 g/mol. The van der Waals surface area contributed by atoms with Gasteiger partial charge in [0.2, 0.25) is 0 Å². The molecule has 6 nitrogen and oxygen atoms in total. The summed E-state index contributed by atoms with van der Waals surface area (Å²) >= 11 is 12.3. The van der Waals surface area contributed by atoms with E-state index in [1.54, 1.807) is 0 Å². The number of carbonyl (C=O) groups is 1. The van der Waals surface area contributed by atoms with E-state index in [0.717, 1.165) is 37.9 Å². The molecule has 37 heavy (non-hydrogen) atoms. The molecule has 3 heterocycles. The number of halogens is 2. The van der Waals surface area contributed by atoms with E-state index in [2.05, 4.69) is 51.4 Å². The van der Waals surface area contributed by atoms with Crippen molar-refractivity contribution in [2.24, 2.45) is 0 Å². The Balaban J connectivity index is 1.35. The molecule has 0 fully saturated rings. The van der Waals surface area contributed by atoms with Gasteiger partial charge in [-0.25, -0.2) is 0 Å². The number of benzene rings is 1. The molecule has 5 rings (SSSR count). The zero-order valence-electron chi connectivity index (χ0n) is 20.7. The highest BCUT2D eigenvalue weighted by atomic mass is 35.5. The molecule has 190 valence electrons. The summed E-state index contributed by atoms with van der Waals surface area (Å²) < 4.78 is 0. The second kappa shape index (κ2) is 11.5. The summed E-state index contributed by atoms with van der Waals surface area (Å²) in [5, 5.41) is 3.40. The Morgan fingerprint density at radius 3 is 2.70 bits per heavy atom. The summed E-state index contributed by atoms with van der Waals surface area (Å²) in [7, 11) is 0. The quantitative estimate of drug-likeness (QED) is 0.273. The summed E-state index contributed by atoms with van der Waals surface area (Å²) in [4.78, 5) is 27.4. The molecule has 1 aromatic carbocycles. The Labute approximate surface area is 227 Å². The highest BCUT2D eigenvalue weighted by Gasteiger charge is 2.27. The van der Waals surface area contributed by atoms with Crippen molar-refractivity contribution in [1.82, 2.24) is 25.2 Å². The number of H-pyrrole nitrogens is 1. The first-order valence-electron chi connectivity index (χ1n) is 12.4. The third-order valence-electron chi connectivity index (χ3n) is 6.78. The molecule has 1 unspecified atom stereocenters. The van der Waals surface area contributed by atoms with E-state index in [0.29, 0.717) is 6.54 Å². The van der Waals surface area contributed by atoms with Gasteiger partial charge in [-0.1, -0.05) is 53.5 Å². The summed E-state index contributed by atoms with van der Waals surface area (Å²) in [5.74, 6) is -0.323. The van der Waals surface area contributed by atoms with Gasteiger partial charge in [0.05, 0.1) is 27.3 Å². The third-order valence-corrected chi connectivity index (χ3v) is 7.35. The van der Waals surface area contributed by atoms with Crippen LogP contribution in [0.3, 0.4) is 0 Å². The van der Waals surface area contributed by atoms with E-state index in [9.17, 15) is 4.79 Å². The predicted octanol–water partition coefficient (Wildman–Crippen LogP) is 6.43. The van der Waals surface area contributed by atoms with Gasteiger partial charge in [0.25, 0.3) is 5.91 Å². The third kappa shape index (κ3) is 6.04. The number of aromatic amines is 1. The van der Waals surface area contributed by atoms with Crippen LogP contribution in [0.4, 0.5) is 0 Å². The molecule has 1 amide bonds. The minimum absolute atomic E-state index is 0.232. The molecule has 1 aliphatic rings. The first kappa shape index (κ1) is 25.5. The van der Waals surface area contributed by atoms with E-state index < -0.39 is 0 Å². The molecule has 0 saturated carbocycles. The van der Waals surface area contributed by atoms with Crippen LogP contribution >= 0.6 is 23.2 Å². The lowest BCUT2D eigenvalue weighted by Gasteiger charge is -2.35. The summed E-state index contributed by atoms with van der Waals surface area (Å²) in [6, 6.07) is 15.0. The van der Waals surface area contributed by atoms with Crippen LogP contribution in [0.2, 0.25) is 10.0 Å². The SMILES string of the molecule is Cc1c[nH]c(CN(Cc2cccc(CNC(=O)c3c(Cl)cncc3Cl)c2)C2CCCc3cccnc32)c1. The van der Waals surface area contributed by atoms with Gasteiger partial charge in [-0.15, -0.1) is 0 Å². The Bertz CT molecular complexity index is 1380. The second-order valence-electron chi connectivity index (χ2n) is 9.54. The number of hydrogen-bond acceptors (Lipinski definition) is 4. The van der Waals surface area contributed by atoms with Gasteiger partial charge in [0.15, 0.2) is 0 Å². The van der Waals surface area contributed by atoms with Gasteiger partial charge in [0.1, 0.15) is 0 Å². The average molecular weight is 534 g/mol. The van der Waals surface area contributed by atoms with Gasteiger partial charge >= 0.3 is 0 Å². The minimum atomic E-state index is -0.323. The number of hydrogen-bond donors (Lipinski definition) is 2. The molecular formula is C29H29Cl2N5O. The molecule has 0 bridgehead atoms. The van der Waals surface area contributed by atoms with Crippen molar-refractivity contribution in [2.45, 2.75) is 51.9 Å². The van der Waals surface area contributed by atoms with E-state index >= 15 is 0 Å². The van der Waals surface area contributed by atoms with Crippen molar-refractivity contribution in [3.63, 3.8) is 0 Å². The van der Waals surface area contributed by atoms with Crippen LogP contribution in [-0.4, -0.2) is 25.8 Å². The van der Waals surface area contributed by atoms with Gasteiger partial charge in [-0.3, -0.25) is 19.7 Å². The van der Waals surface area contributed by atoms with Crippen LogP contribution in [0.25, 0.3) is 0 Å². The summed E-state index contributed by atoms with van der Waals surface area (Å²) in [5.41, 5.74) is 7.37.